The minimum Gasteiger partial charge on any atom is -0.465 e. The van der Waals surface area contributed by atoms with Crippen LogP contribution in [0.3, 0.4) is 0 Å². The van der Waals surface area contributed by atoms with Crippen molar-refractivity contribution in [2.75, 3.05) is 18.8 Å². The van der Waals surface area contributed by atoms with E-state index in [4.69, 9.17) is 16.7 Å². The minimum absolute atomic E-state index is 0.139. The summed E-state index contributed by atoms with van der Waals surface area (Å²) in [5, 5.41) is 11.8. The van der Waals surface area contributed by atoms with Crippen LogP contribution in [0.2, 0.25) is 5.02 Å². The molecule has 0 unspecified atom stereocenters. The zero-order chi connectivity index (χ0) is 23.1. The normalized spacial score (nSPS) is 14.1. The summed E-state index contributed by atoms with van der Waals surface area (Å²) in [5.74, 6) is 1.68. The monoisotopic (exact) mass is 486 g/mol. The fourth-order valence-corrected chi connectivity index (χ4v) is 4.66. The highest BCUT2D eigenvalue weighted by atomic mass is 35.5. The molecule has 1 saturated carbocycles. The van der Waals surface area contributed by atoms with Crippen molar-refractivity contribution in [1.29, 1.82) is 0 Å². The van der Waals surface area contributed by atoms with Gasteiger partial charge in [0.1, 0.15) is 0 Å². The molecule has 0 radical (unpaired) electrons. The number of benzene rings is 1. The first-order chi connectivity index (χ1) is 14.9. The molecular formula is C23H35ClN2O3S2. The number of thioether (sulfide) groups is 2. The lowest BCUT2D eigenvalue weighted by Crippen LogP contribution is -2.36. The van der Waals surface area contributed by atoms with Crippen LogP contribution in [0.1, 0.15) is 58.4 Å². The van der Waals surface area contributed by atoms with Crippen molar-refractivity contribution >= 4 is 46.5 Å². The molecule has 0 atom stereocenters. The lowest BCUT2D eigenvalue weighted by Gasteiger charge is -2.29. The third kappa shape index (κ3) is 11.2. The lowest BCUT2D eigenvalue weighted by atomic mass is 9.95. The molecule has 0 aromatic heterocycles. The summed E-state index contributed by atoms with van der Waals surface area (Å²) >= 11 is 8.76. The Morgan fingerprint density at radius 1 is 1.10 bits per heavy atom. The van der Waals surface area contributed by atoms with Crippen LogP contribution < -0.4 is 0 Å². The van der Waals surface area contributed by atoms with Crippen LogP contribution in [0.5, 0.6) is 0 Å². The van der Waals surface area contributed by atoms with Crippen LogP contribution in [-0.2, 0) is 5.75 Å². The second-order valence-electron chi connectivity index (χ2n) is 7.08. The van der Waals surface area contributed by atoms with Gasteiger partial charge >= 0.3 is 6.09 Å². The molecule has 8 heteroatoms. The summed E-state index contributed by atoms with van der Waals surface area (Å²) in [6.07, 6.45) is 6.46. The Balaban J connectivity index is 0.000000311. The molecule has 174 valence electrons. The Bertz CT molecular complexity index is 676. The molecule has 0 saturated heterocycles. The molecule has 0 heterocycles. The van der Waals surface area contributed by atoms with Crippen molar-refractivity contribution in [2.24, 2.45) is 0 Å². The topological polar surface area (TPSA) is 60.9 Å². The van der Waals surface area contributed by atoms with Crippen molar-refractivity contribution in [1.82, 2.24) is 9.80 Å². The lowest BCUT2D eigenvalue weighted by molar-refractivity contribution is 0.137. The predicted octanol–water partition coefficient (Wildman–Crippen LogP) is 7.56. The number of rotatable bonds is 8. The molecular weight excluding hydrogens is 452 g/mol. The van der Waals surface area contributed by atoms with Gasteiger partial charge in [-0.1, -0.05) is 61.7 Å². The predicted molar refractivity (Wildman–Crippen MR) is 135 cm³/mol. The number of carboxylic acid groups (broad SMARTS) is 1. The molecule has 2 rings (SSSR count). The number of hydrogen-bond donors (Lipinski definition) is 1. The van der Waals surface area contributed by atoms with Gasteiger partial charge in [0.15, 0.2) is 0 Å². The molecule has 1 aromatic rings. The zero-order valence-electron chi connectivity index (χ0n) is 18.8. The summed E-state index contributed by atoms with van der Waals surface area (Å²) in [6.45, 7) is 7.57. The Hall–Kier alpha value is -1.31. The van der Waals surface area contributed by atoms with Crippen molar-refractivity contribution in [3.05, 3.63) is 46.5 Å². The number of halogens is 1. The second-order valence-corrected chi connectivity index (χ2v) is 9.62. The van der Waals surface area contributed by atoms with Gasteiger partial charge in [0.05, 0.1) is 0 Å². The fraction of sp³-hybridized carbons (Fsp3) is 0.565. The molecule has 0 spiro atoms. The molecule has 1 fully saturated rings. The van der Waals surface area contributed by atoms with Gasteiger partial charge in [0, 0.05) is 36.1 Å². The molecule has 2 amide bonds. The molecule has 1 aromatic carbocycles. The van der Waals surface area contributed by atoms with E-state index < -0.39 is 6.09 Å². The third-order valence-corrected chi connectivity index (χ3v) is 6.85. The standard InChI is InChI=1S/C12H16ClNOS.C11H19NO2S/c1-3-14(4-2)12(15)16-9-10-5-7-11(13)8-6-10;1-2-15-9-8-12(11(13)14)10-6-4-3-5-7-10/h5-8H,3-4,9H2,1-2H3;8-10H,2-7H2,1H3,(H,13,14). The molecule has 1 aliphatic carbocycles. The first-order valence-corrected chi connectivity index (χ1v) is 13.3. The molecule has 5 nitrogen and oxygen atoms in total. The first kappa shape index (κ1) is 27.7. The Morgan fingerprint density at radius 3 is 2.23 bits per heavy atom. The van der Waals surface area contributed by atoms with Gasteiger partial charge in [-0.25, -0.2) is 4.79 Å². The molecule has 31 heavy (non-hydrogen) atoms. The van der Waals surface area contributed by atoms with E-state index >= 15 is 0 Å². The molecule has 0 aliphatic heterocycles. The van der Waals surface area contributed by atoms with Crippen LogP contribution in [0, 0.1) is 0 Å². The van der Waals surface area contributed by atoms with Crippen LogP contribution in [0.4, 0.5) is 9.59 Å². The van der Waals surface area contributed by atoms with Crippen LogP contribution in [0.25, 0.3) is 0 Å². The van der Waals surface area contributed by atoms with Gasteiger partial charge < -0.3 is 10.0 Å². The molecule has 1 N–H and O–H groups in total. The molecule has 0 bridgehead atoms. The van der Waals surface area contributed by atoms with E-state index in [1.54, 1.807) is 18.0 Å². The third-order valence-electron chi connectivity index (χ3n) is 4.97. The van der Waals surface area contributed by atoms with Gasteiger partial charge in [0.25, 0.3) is 5.24 Å². The number of carbonyl (C=O) groups excluding carboxylic acids is 1. The van der Waals surface area contributed by atoms with Gasteiger partial charge in [-0.2, -0.15) is 0 Å². The highest BCUT2D eigenvalue weighted by molar-refractivity contribution is 8.12. The summed E-state index contributed by atoms with van der Waals surface area (Å²) in [7, 11) is 0. The van der Waals surface area contributed by atoms with E-state index in [1.165, 1.54) is 23.1 Å². The highest BCUT2D eigenvalue weighted by Gasteiger charge is 2.22. The largest absolute Gasteiger partial charge is 0.465 e. The summed E-state index contributed by atoms with van der Waals surface area (Å²) in [4.78, 5) is 26.1. The maximum Gasteiger partial charge on any atom is 0.411 e. The Labute approximate surface area is 200 Å². The van der Waals surface area contributed by atoms with E-state index in [2.05, 4.69) is 6.92 Å². The van der Waals surface area contributed by atoms with Crippen molar-refractivity contribution < 1.29 is 14.7 Å². The minimum atomic E-state index is -0.824. The van der Waals surface area contributed by atoms with E-state index in [-0.39, 0.29) is 11.3 Å². The number of carbonyl (C=O) groups is 2. The number of amides is 2. The maximum atomic E-state index is 11.7. The zero-order valence-corrected chi connectivity index (χ0v) is 21.1. The number of nitrogens with zero attached hydrogens (tertiary/aromatic N) is 2. The maximum absolute atomic E-state index is 11.7. The summed E-state index contributed by atoms with van der Waals surface area (Å²) < 4.78 is 0. The average Bonchev–Trinajstić information content (AvgIpc) is 2.78. The van der Waals surface area contributed by atoms with Crippen LogP contribution in [-0.4, -0.2) is 51.1 Å². The van der Waals surface area contributed by atoms with Crippen LogP contribution in [0.15, 0.2) is 35.9 Å². The van der Waals surface area contributed by atoms with Gasteiger partial charge in [-0.3, -0.25) is 9.69 Å². The summed E-state index contributed by atoms with van der Waals surface area (Å²) in [5.41, 5.74) is 1.12. The van der Waals surface area contributed by atoms with E-state index in [9.17, 15) is 9.59 Å². The van der Waals surface area contributed by atoms with Gasteiger partial charge in [-0.15, -0.1) is 11.8 Å². The SMILES string of the molecule is CCN(CC)C(=O)SCc1ccc(Cl)cc1.CCSC=CN(C(=O)O)C1CCCCC1. The highest BCUT2D eigenvalue weighted by Crippen LogP contribution is 2.23. The second kappa shape index (κ2) is 16.3. The van der Waals surface area contributed by atoms with E-state index in [0.717, 1.165) is 55.1 Å². The van der Waals surface area contributed by atoms with Crippen LogP contribution >= 0.6 is 35.1 Å². The summed E-state index contributed by atoms with van der Waals surface area (Å²) in [6, 6.07) is 7.79. The number of hydrogen-bond acceptors (Lipinski definition) is 4. The van der Waals surface area contributed by atoms with Crippen molar-refractivity contribution in [2.45, 2.75) is 64.7 Å². The van der Waals surface area contributed by atoms with Gasteiger partial charge in [0.2, 0.25) is 0 Å². The smallest absolute Gasteiger partial charge is 0.411 e. The first-order valence-electron chi connectivity index (χ1n) is 10.9. The average molecular weight is 487 g/mol. The fourth-order valence-electron chi connectivity index (χ4n) is 3.20. The quantitative estimate of drug-likeness (QED) is 0.410. The van der Waals surface area contributed by atoms with E-state index in [0.29, 0.717) is 5.75 Å². The van der Waals surface area contributed by atoms with Crippen molar-refractivity contribution in [3.8, 4) is 0 Å². The Kier molecular flexibility index (Phi) is 14.6. The van der Waals surface area contributed by atoms with E-state index in [1.807, 2.05) is 48.4 Å². The molecule has 1 aliphatic rings. The van der Waals surface area contributed by atoms with Gasteiger partial charge in [-0.05, 0) is 55.5 Å². The Morgan fingerprint density at radius 2 is 1.71 bits per heavy atom. The van der Waals surface area contributed by atoms with Crippen molar-refractivity contribution in [3.63, 3.8) is 0 Å².